The molecule has 0 aliphatic carbocycles. The Morgan fingerprint density at radius 1 is 1.41 bits per heavy atom. The first-order valence-electron chi connectivity index (χ1n) is 9.47. The van der Waals surface area contributed by atoms with Crippen LogP contribution in [0.5, 0.6) is 0 Å². The molecular weight excluding hydrogens is 346 g/mol. The predicted octanol–water partition coefficient (Wildman–Crippen LogP) is 1.45. The molecule has 1 aromatic rings. The van der Waals surface area contributed by atoms with Crippen LogP contribution < -0.4 is 11.1 Å². The molecule has 0 radical (unpaired) electrons. The molecule has 9 nitrogen and oxygen atoms in total. The molecule has 27 heavy (non-hydrogen) atoms. The first kappa shape index (κ1) is 19.3. The third kappa shape index (κ3) is 4.85. The highest BCUT2D eigenvalue weighted by Gasteiger charge is 2.28. The Morgan fingerprint density at radius 3 is 2.78 bits per heavy atom. The second-order valence-electron chi connectivity index (χ2n) is 7.54. The summed E-state index contributed by atoms with van der Waals surface area (Å²) in [5, 5.41) is 9.33. The Hall–Kier alpha value is -2.42. The van der Waals surface area contributed by atoms with Gasteiger partial charge in [0, 0.05) is 38.6 Å². The van der Waals surface area contributed by atoms with Crippen LogP contribution in [-0.2, 0) is 4.74 Å². The molecule has 0 saturated carbocycles. The molecule has 9 heteroatoms. The molecular formula is C18H29N7O2. The van der Waals surface area contributed by atoms with E-state index in [-0.39, 0.29) is 24.2 Å². The number of hydrogen-bond acceptors (Lipinski definition) is 8. The summed E-state index contributed by atoms with van der Waals surface area (Å²) in [6, 6.07) is 2.09. The van der Waals surface area contributed by atoms with Crippen molar-refractivity contribution in [2.45, 2.75) is 44.8 Å². The van der Waals surface area contributed by atoms with Crippen LogP contribution in [0.2, 0.25) is 0 Å². The summed E-state index contributed by atoms with van der Waals surface area (Å²) in [7, 11) is 1.85. The number of aromatic nitrogens is 2. The van der Waals surface area contributed by atoms with Gasteiger partial charge in [-0.3, -0.25) is 5.01 Å². The zero-order valence-electron chi connectivity index (χ0n) is 16.2. The number of nitrogens with zero attached hydrogens (tertiary/aromatic N) is 5. The van der Waals surface area contributed by atoms with Crippen molar-refractivity contribution in [1.29, 1.82) is 0 Å². The second kappa shape index (κ2) is 8.51. The molecule has 1 unspecified atom stereocenters. The van der Waals surface area contributed by atoms with Gasteiger partial charge in [-0.05, 0) is 24.8 Å². The van der Waals surface area contributed by atoms with E-state index in [1.807, 2.05) is 33.2 Å². The molecule has 1 amide bonds. The van der Waals surface area contributed by atoms with Crippen molar-refractivity contribution >= 4 is 18.3 Å². The lowest BCUT2D eigenvalue weighted by atomic mass is 10.0. The Balaban J connectivity index is 1.51. The SMILES string of the molecule is CC(C)COC(=O)N1CCC(Nc2nccc([C@H]3C=NN(C)C3N)n2)CC1. The van der Waals surface area contributed by atoms with Gasteiger partial charge in [-0.25, -0.2) is 14.8 Å². The molecule has 0 bridgehead atoms. The molecule has 3 rings (SSSR count). The van der Waals surface area contributed by atoms with E-state index in [0.717, 1.165) is 18.5 Å². The van der Waals surface area contributed by atoms with Crippen molar-refractivity contribution in [2.24, 2.45) is 16.8 Å². The zero-order valence-corrected chi connectivity index (χ0v) is 16.2. The summed E-state index contributed by atoms with van der Waals surface area (Å²) in [6.07, 6.45) is 4.78. The molecule has 2 aliphatic rings. The number of nitrogens with one attached hydrogen (secondary N) is 1. The highest BCUT2D eigenvalue weighted by Crippen LogP contribution is 2.23. The molecule has 1 aromatic heterocycles. The lowest BCUT2D eigenvalue weighted by Crippen LogP contribution is -2.43. The van der Waals surface area contributed by atoms with Crippen molar-refractivity contribution in [1.82, 2.24) is 19.9 Å². The third-order valence-electron chi connectivity index (χ3n) is 4.85. The fourth-order valence-electron chi connectivity index (χ4n) is 3.17. The summed E-state index contributed by atoms with van der Waals surface area (Å²) >= 11 is 0. The molecule has 1 saturated heterocycles. The van der Waals surface area contributed by atoms with Crippen molar-refractivity contribution in [3.63, 3.8) is 0 Å². The smallest absolute Gasteiger partial charge is 0.409 e. The summed E-state index contributed by atoms with van der Waals surface area (Å²) in [5.41, 5.74) is 7.00. The Kier molecular flexibility index (Phi) is 6.10. The van der Waals surface area contributed by atoms with Gasteiger partial charge >= 0.3 is 6.09 Å². The van der Waals surface area contributed by atoms with E-state index in [1.54, 1.807) is 16.1 Å². The molecule has 2 atom stereocenters. The topological polar surface area (TPSA) is 109 Å². The number of nitrogens with two attached hydrogens (primary N) is 1. The highest BCUT2D eigenvalue weighted by molar-refractivity contribution is 5.70. The van der Waals surface area contributed by atoms with Gasteiger partial charge in [-0.1, -0.05) is 13.8 Å². The second-order valence-corrected chi connectivity index (χ2v) is 7.54. The standard InChI is InChI=1S/C18H29N7O2/c1-12(2)11-27-18(26)25-8-5-13(6-9-25)22-17-20-7-4-15(23-17)14-10-21-24(3)16(14)19/h4,7,10,12-14,16H,5-6,8-9,11,19H2,1-3H3,(H,20,22,23)/t14-,16?/m1/s1. The van der Waals surface area contributed by atoms with Crippen LogP contribution in [0.1, 0.15) is 38.3 Å². The number of ether oxygens (including phenoxy) is 1. The molecule has 0 aromatic carbocycles. The molecule has 3 heterocycles. The van der Waals surface area contributed by atoms with Crippen LogP contribution in [-0.4, -0.2) is 71.1 Å². The van der Waals surface area contributed by atoms with Gasteiger partial charge in [0.2, 0.25) is 5.95 Å². The number of amides is 1. The van der Waals surface area contributed by atoms with Crippen molar-refractivity contribution in [2.75, 3.05) is 32.1 Å². The monoisotopic (exact) mass is 375 g/mol. The minimum atomic E-state index is -0.223. The summed E-state index contributed by atoms with van der Waals surface area (Å²) in [6.45, 7) is 5.84. The maximum atomic E-state index is 12.0. The summed E-state index contributed by atoms with van der Waals surface area (Å²) in [4.78, 5) is 22.7. The summed E-state index contributed by atoms with van der Waals surface area (Å²) in [5.74, 6) is 0.884. The number of anilines is 1. The number of likely N-dealkylation sites (tertiary alicyclic amines) is 1. The minimum absolute atomic E-state index is 0.0453. The molecule has 1 fully saturated rings. The van der Waals surface area contributed by atoms with E-state index in [1.165, 1.54) is 0 Å². The van der Waals surface area contributed by atoms with Crippen LogP contribution in [0.15, 0.2) is 17.4 Å². The van der Waals surface area contributed by atoms with Crippen molar-refractivity contribution in [3.05, 3.63) is 18.0 Å². The van der Waals surface area contributed by atoms with E-state index < -0.39 is 0 Å². The maximum absolute atomic E-state index is 12.0. The number of piperidine rings is 1. The van der Waals surface area contributed by atoms with Gasteiger partial charge in [0.05, 0.1) is 18.2 Å². The van der Waals surface area contributed by atoms with Crippen LogP contribution in [0.4, 0.5) is 10.7 Å². The van der Waals surface area contributed by atoms with E-state index in [0.29, 0.717) is 31.6 Å². The van der Waals surface area contributed by atoms with Gasteiger partial charge in [-0.15, -0.1) is 0 Å². The first-order valence-corrected chi connectivity index (χ1v) is 9.47. The fraction of sp³-hybridized carbons (Fsp3) is 0.667. The lowest BCUT2D eigenvalue weighted by molar-refractivity contribution is 0.0845. The van der Waals surface area contributed by atoms with Crippen molar-refractivity contribution < 1.29 is 9.53 Å². The molecule has 148 valence electrons. The fourth-order valence-corrected chi connectivity index (χ4v) is 3.17. The number of rotatable bonds is 5. The molecule has 0 spiro atoms. The number of hydrazone groups is 1. The van der Waals surface area contributed by atoms with Gasteiger partial charge in [0.1, 0.15) is 6.17 Å². The summed E-state index contributed by atoms with van der Waals surface area (Å²) < 4.78 is 5.30. The van der Waals surface area contributed by atoms with Crippen LogP contribution in [0, 0.1) is 5.92 Å². The number of carbonyl (C=O) groups is 1. The quantitative estimate of drug-likeness (QED) is 0.801. The number of likely N-dealkylation sites (N-methyl/N-ethyl adjacent to an activating group) is 1. The molecule has 3 N–H and O–H groups in total. The average Bonchev–Trinajstić information content (AvgIpc) is 2.99. The van der Waals surface area contributed by atoms with Crippen LogP contribution >= 0.6 is 0 Å². The maximum Gasteiger partial charge on any atom is 0.409 e. The predicted molar refractivity (Wildman–Crippen MR) is 103 cm³/mol. The van der Waals surface area contributed by atoms with E-state index >= 15 is 0 Å². The Bertz CT molecular complexity index is 673. The third-order valence-corrected chi connectivity index (χ3v) is 4.85. The Morgan fingerprint density at radius 2 is 2.15 bits per heavy atom. The highest BCUT2D eigenvalue weighted by atomic mass is 16.6. The average molecular weight is 375 g/mol. The van der Waals surface area contributed by atoms with Crippen LogP contribution in [0.3, 0.4) is 0 Å². The first-order chi connectivity index (χ1) is 12.9. The van der Waals surface area contributed by atoms with Gasteiger partial charge < -0.3 is 20.7 Å². The van der Waals surface area contributed by atoms with Gasteiger partial charge in [0.25, 0.3) is 0 Å². The number of hydrogen-bond donors (Lipinski definition) is 2. The van der Waals surface area contributed by atoms with Crippen molar-refractivity contribution in [3.8, 4) is 0 Å². The van der Waals surface area contributed by atoms with E-state index in [9.17, 15) is 4.79 Å². The zero-order chi connectivity index (χ0) is 19.4. The lowest BCUT2D eigenvalue weighted by Gasteiger charge is -2.32. The van der Waals surface area contributed by atoms with Crippen LogP contribution in [0.25, 0.3) is 0 Å². The normalized spacial score (nSPS) is 23.1. The Labute approximate surface area is 160 Å². The van der Waals surface area contributed by atoms with E-state index in [4.69, 9.17) is 10.5 Å². The van der Waals surface area contributed by atoms with E-state index in [2.05, 4.69) is 20.4 Å². The minimum Gasteiger partial charge on any atom is -0.449 e. The largest absolute Gasteiger partial charge is 0.449 e. The molecule has 2 aliphatic heterocycles. The van der Waals surface area contributed by atoms with Gasteiger partial charge in [-0.2, -0.15) is 5.10 Å². The number of carbonyl (C=O) groups excluding carboxylic acids is 1. The van der Waals surface area contributed by atoms with Gasteiger partial charge in [0.15, 0.2) is 0 Å².